The summed E-state index contributed by atoms with van der Waals surface area (Å²) >= 11 is 0. The highest BCUT2D eigenvalue weighted by atomic mass is 16.6. The predicted octanol–water partition coefficient (Wildman–Crippen LogP) is 5.78. The smallest absolute Gasteiger partial charge is 0.338 e. The first-order chi connectivity index (χ1) is 14.3. The average molecular weight is 400 g/mol. The Morgan fingerprint density at radius 1 is 0.800 bits per heavy atom. The molecule has 0 aliphatic heterocycles. The quantitative estimate of drug-likeness (QED) is 0.180. The van der Waals surface area contributed by atoms with Gasteiger partial charge in [0.05, 0.1) is 0 Å². The number of esters is 1. The molecule has 4 heteroatoms. The largest absolute Gasteiger partial charge is 0.461 e. The zero-order chi connectivity index (χ0) is 21.7. The van der Waals surface area contributed by atoms with Crippen LogP contribution in [-0.4, -0.2) is 17.4 Å². The second-order valence-electron chi connectivity index (χ2n) is 7.12. The van der Waals surface area contributed by atoms with Crippen molar-refractivity contribution in [2.24, 2.45) is 0 Å². The standard InChI is InChI=1S/C26H24O4/c1-17(2)25(27)29-23-12-8-19(9-13-23)21-6-5-7-22(16-21)20-10-14-24(15-11-20)30-26(28)18(3)4/h5-16,25,27H,1,3H2,2,4H3. The summed E-state index contributed by atoms with van der Waals surface area (Å²) in [5, 5.41) is 9.77. The van der Waals surface area contributed by atoms with Crippen LogP contribution >= 0.6 is 0 Å². The average Bonchev–Trinajstić information content (AvgIpc) is 2.74. The summed E-state index contributed by atoms with van der Waals surface area (Å²) in [6, 6.07) is 23.0. The number of ether oxygens (including phenoxy) is 2. The van der Waals surface area contributed by atoms with Crippen molar-refractivity contribution in [3.05, 3.63) is 97.1 Å². The molecule has 0 radical (unpaired) electrons. The van der Waals surface area contributed by atoms with E-state index in [-0.39, 0.29) is 0 Å². The molecule has 0 bridgehead atoms. The minimum Gasteiger partial charge on any atom is -0.461 e. The van der Waals surface area contributed by atoms with Crippen LogP contribution in [0.3, 0.4) is 0 Å². The molecule has 0 amide bonds. The van der Waals surface area contributed by atoms with Gasteiger partial charge in [-0.2, -0.15) is 0 Å². The lowest BCUT2D eigenvalue weighted by atomic mass is 9.99. The van der Waals surface area contributed by atoms with Gasteiger partial charge in [-0.15, -0.1) is 0 Å². The molecule has 0 heterocycles. The van der Waals surface area contributed by atoms with E-state index in [9.17, 15) is 9.90 Å². The molecule has 3 aromatic rings. The Bertz CT molecular complexity index is 1060. The first kappa shape index (κ1) is 21.1. The third-order valence-electron chi connectivity index (χ3n) is 4.47. The van der Waals surface area contributed by atoms with Crippen molar-refractivity contribution in [3.63, 3.8) is 0 Å². The molecule has 1 atom stereocenters. The molecular weight excluding hydrogens is 376 g/mol. The highest BCUT2D eigenvalue weighted by molar-refractivity contribution is 5.88. The van der Waals surface area contributed by atoms with Gasteiger partial charge in [-0.25, -0.2) is 4.79 Å². The molecule has 3 rings (SSSR count). The molecule has 152 valence electrons. The maximum absolute atomic E-state index is 11.6. The summed E-state index contributed by atoms with van der Waals surface area (Å²) in [5.41, 5.74) is 5.04. The summed E-state index contributed by atoms with van der Waals surface area (Å²) in [4.78, 5) is 11.6. The minimum absolute atomic E-state index is 0.359. The molecule has 0 aliphatic rings. The van der Waals surface area contributed by atoms with Crippen LogP contribution in [0.5, 0.6) is 11.5 Å². The first-order valence-corrected chi connectivity index (χ1v) is 9.52. The molecule has 1 N–H and O–H groups in total. The van der Waals surface area contributed by atoms with E-state index in [1.807, 2.05) is 54.6 Å². The lowest BCUT2D eigenvalue weighted by Gasteiger charge is -2.13. The van der Waals surface area contributed by atoms with Crippen LogP contribution in [0.1, 0.15) is 13.8 Å². The van der Waals surface area contributed by atoms with E-state index in [1.165, 1.54) is 0 Å². The van der Waals surface area contributed by atoms with Crippen molar-refractivity contribution in [2.45, 2.75) is 20.1 Å². The normalized spacial score (nSPS) is 11.4. The number of aliphatic hydroxyl groups excluding tert-OH is 1. The van der Waals surface area contributed by atoms with Gasteiger partial charge in [-0.05, 0) is 72.0 Å². The molecule has 0 aromatic heterocycles. The van der Waals surface area contributed by atoms with E-state index in [0.29, 0.717) is 22.6 Å². The molecule has 1 unspecified atom stereocenters. The van der Waals surface area contributed by atoms with Crippen LogP contribution in [0.25, 0.3) is 22.3 Å². The number of carbonyl (C=O) groups is 1. The van der Waals surface area contributed by atoms with Gasteiger partial charge in [0.15, 0.2) is 0 Å². The zero-order valence-corrected chi connectivity index (χ0v) is 17.1. The molecule has 0 fully saturated rings. The summed E-state index contributed by atoms with van der Waals surface area (Å²) < 4.78 is 10.7. The monoisotopic (exact) mass is 400 g/mol. The van der Waals surface area contributed by atoms with Crippen LogP contribution < -0.4 is 9.47 Å². The Labute approximate surface area is 176 Å². The van der Waals surface area contributed by atoms with Gasteiger partial charge >= 0.3 is 5.97 Å². The summed E-state index contributed by atoms with van der Waals surface area (Å²) in [5.74, 6) is 0.619. The van der Waals surface area contributed by atoms with Gasteiger partial charge in [0.1, 0.15) is 11.5 Å². The molecule has 0 saturated heterocycles. The highest BCUT2D eigenvalue weighted by Crippen LogP contribution is 2.29. The van der Waals surface area contributed by atoms with E-state index in [1.54, 1.807) is 26.0 Å². The fourth-order valence-corrected chi connectivity index (χ4v) is 2.74. The van der Waals surface area contributed by atoms with Crippen molar-refractivity contribution in [1.29, 1.82) is 0 Å². The van der Waals surface area contributed by atoms with Gasteiger partial charge in [-0.3, -0.25) is 0 Å². The molecule has 30 heavy (non-hydrogen) atoms. The number of carbonyl (C=O) groups excluding carboxylic acids is 1. The van der Waals surface area contributed by atoms with Gasteiger partial charge in [0, 0.05) is 5.57 Å². The SMILES string of the molecule is C=C(C)C(=O)Oc1ccc(-c2cccc(-c3ccc(OC(O)C(=C)C)cc3)c2)cc1. The van der Waals surface area contributed by atoms with Crippen molar-refractivity contribution in [2.75, 3.05) is 0 Å². The van der Waals surface area contributed by atoms with Crippen LogP contribution in [0, 0.1) is 0 Å². The maximum atomic E-state index is 11.6. The minimum atomic E-state index is -1.02. The Morgan fingerprint density at radius 3 is 1.77 bits per heavy atom. The van der Waals surface area contributed by atoms with Crippen molar-refractivity contribution < 1.29 is 19.4 Å². The zero-order valence-electron chi connectivity index (χ0n) is 17.1. The fourth-order valence-electron chi connectivity index (χ4n) is 2.74. The number of hydrogen-bond donors (Lipinski definition) is 1. The van der Waals surface area contributed by atoms with Crippen molar-refractivity contribution in [1.82, 2.24) is 0 Å². The van der Waals surface area contributed by atoms with Gasteiger partial charge in [0.2, 0.25) is 6.29 Å². The summed E-state index contributed by atoms with van der Waals surface area (Å²) in [6.45, 7) is 10.6. The van der Waals surface area contributed by atoms with Gasteiger partial charge in [0.25, 0.3) is 0 Å². The number of hydrogen-bond acceptors (Lipinski definition) is 4. The van der Waals surface area contributed by atoms with E-state index in [4.69, 9.17) is 9.47 Å². The number of benzene rings is 3. The van der Waals surface area contributed by atoms with E-state index in [0.717, 1.165) is 22.3 Å². The van der Waals surface area contributed by atoms with Crippen LogP contribution in [0.2, 0.25) is 0 Å². The van der Waals surface area contributed by atoms with Gasteiger partial charge in [-0.1, -0.05) is 55.6 Å². The topological polar surface area (TPSA) is 55.8 Å². The van der Waals surface area contributed by atoms with Crippen molar-refractivity contribution in [3.8, 4) is 33.8 Å². The predicted molar refractivity (Wildman–Crippen MR) is 119 cm³/mol. The fraction of sp³-hybridized carbons (Fsp3) is 0.115. The van der Waals surface area contributed by atoms with E-state index >= 15 is 0 Å². The molecular formula is C26H24O4. The molecule has 3 aromatic carbocycles. The van der Waals surface area contributed by atoms with Crippen LogP contribution in [-0.2, 0) is 4.79 Å². The lowest BCUT2D eigenvalue weighted by Crippen LogP contribution is -2.15. The van der Waals surface area contributed by atoms with Gasteiger partial charge < -0.3 is 14.6 Å². The molecule has 0 saturated carbocycles. The first-order valence-electron chi connectivity index (χ1n) is 9.52. The highest BCUT2D eigenvalue weighted by Gasteiger charge is 2.08. The number of rotatable bonds is 7. The third-order valence-corrected chi connectivity index (χ3v) is 4.47. The molecule has 0 aliphatic carbocycles. The van der Waals surface area contributed by atoms with E-state index in [2.05, 4.69) is 19.2 Å². The number of aliphatic hydroxyl groups is 1. The Balaban J connectivity index is 1.77. The second-order valence-corrected chi connectivity index (χ2v) is 7.12. The van der Waals surface area contributed by atoms with Crippen LogP contribution in [0.15, 0.2) is 97.1 Å². The van der Waals surface area contributed by atoms with E-state index < -0.39 is 12.3 Å². The third kappa shape index (κ3) is 5.25. The Hall–Kier alpha value is -3.63. The lowest BCUT2D eigenvalue weighted by molar-refractivity contribution is -0.130. The second kappa shape index (κ2) is 9.25. The summed E-state index contributed by atoms with van der Waals surface area (Å²) in [7, 11) is 0. The molecule has 4 nitrogen and oxygen atoms in total. The van der Waals surface area contributed by atoms with Crippen LogP contribution in [0.4, 0.5) is 0 Å². The Kier molecular flexibility index (Phi) is 6.50. The summed E-state index contributed by atoms with van der Waals surface area (Å²) in [6.07, 6.45) is -1.02. The van der Waals surface area contributed by atoms with Crippen molar-refractivity contribution >= 4 is 5.97 Å². The maximum Gasteiger partial charge on any atom is 0.338 e. The Morgan fingerprint density at radius 2 is 1.30 bits per heavy atom. The molecule has 0 spiro atoms.